The number of hydrogen-bond donors (Lipinski definition) is 0. The maximum atomic E-state index is 14.1. The van der Waals surface area contributed by atoms with E-state index in [0.717, 1.165) is 17.6 Å². The van der Waals surface area contributed by atoms with Gasteiger partial charge in [-0.3, -0.25) is 9.78 Å². The fourth-order valence-corrected chi connectivity index (χ4v) is 5.96. The largest absolute Gasteiger partial charge is 0.497 e. The Hall–Kier alpha value is -2.65. The topological polar surface area (TPSA) is 76.6 Å². The van der Waals surface area contributed by atoms with Gasteiger partial charge in [0.2, 0.25) is 9.84 Å². The summed E-state index contributed by atoms with van der Waals surface area (Å²) in [5.74, 6) is 0.890. The van der Waals surface area contributed by atoms with E-state index in [1.165, 1.54) is 37.6 Å². The maximum absolute atomic E-state index is 14.1. The van der Waals surface area contributed by atoms with Gasteiger partial charge in [0.1, 0.15) is 11.6 Å². The van der Waals surface area contributed by atoms with Gasteiger partial charge in [-0.05, 0) is 36.4 Å². The van der Waals surface area contributed by atoms with Crippen LogP contribution in [0.2, 0.25) is 0 Å². The van der Waals surface area contributed by atoms with Gasteiger partial charge in [-0.15, -0.1) is 0 Å². The van der Waals surface area contributed by atoms with Crippen LogP contribution < -0.4 is 4.74 Å². The smallest absolute Gasteiger partial charge is 0.256 e. The van der Waals surface area contributed by atoms with Gasteiger partial charge in [0, 0.05) is 36.2 Å². The molecule has 0 spiro atoms. The van der Waals surface area contributed by atoms with Crippen LogP contribution in [-0.4, -0.2) is 55.9 Å². The Morgan fingerprint density at radius 2 is 1.93 bits per heavy atom. The molecule has 0 atom stereocenters. The quantitative estimate of drug-likeness (QED) is 0.611. The highest BCUT2D eigenvalue weighted by Crippen LogP contribution is 2.33. The van der Waals surface area contributed by atoms with Crippen molar-refractivity contribution in [1.82, 2.24) is 9.88 Å². The van der Waals surface area contributed by atoms with Crippen LogP contribution in [-0.2, 0) is 9.84 Å². The summed E-state index contributed by atoms with van der Waals surface area (Å²) in [5, 5.41) is 0.0788. The van der Waals surface area contributed by atoms with E-state index in [1.54, 1.807) is 28.8 Å². The highest BCUT2D eigenvalue weighted by molar-refractivity contribution is 7.99. The molecule has 3 aromatic rings. The van der Waals surface area contributed by atoms with Gasteiger partial charge in [0.05, 0.1) is 28.0 Å². The summed E-state index contributed by atoms with van der Waals surface area (Å²) in [6, 6.07) is 9.71. The lowest BCUT2D eigenvalue weighted by Gasteiger charge is -2.27. The van der Waals surface area contributed by atoms with E-state index < -0.39 is 21.6 Å². The molecular formula is C21H19FN2O4S2. The zero-order valence-electron chi connectivity index (χ0n) is 16.2. The molecule has 30 heavy (non-hydrogen) atoms. The molecule has 1 aliphatic rings. The molecule has 0 bridgehead atoms. The summed E-state index contributed by atoms with van der Waals surface area (Å²) < 4.78 is 46.5. The van der Waals surface area contributed by atoms with Gasteiger partial charge < -0.3 is 9.64 Å². The van der Waals surface area contributed by atoms with Gasteiger partial charge in [0.15, 0.2) is 0 Å². The number of pyridine rings is 1. The van der Waals surface area contributed by atoms with Crippen LogP contribution >= 0.6 is 11.8 Å². The summed E-state index contributed by atoms with van der Waals surface area (Å²) in [5.41, 5.74) is 0.242. The number of methoxy groups -OCH3 is 1. The Morgan fingerprint density at radius 3 is 2.67 bits per heavy atom. The molecule has 0 unspecified atom stereocenters. The lowest BCUT2D eigenvalue weighted by atomic mass is 10.1. The van der Waals surface area contributed by atoms with Crippen LogP contribution in [0.15, 0.2) is 58.5 Å². The summed E-state index contributed by atoms with van der Waals surface area (Å²) in [7, 11) is -2.73. The number of fused-ring (bicyclic) bond motifs is 1. The minimum absolute atomic E-state index is 0.0399. The fourth-order valence-electron chi connectivity index (χ4n) is 3.41. The summed E-state index contributed by atoms with van der Waals surface area (Å²) in [4.78, 5) is 18.8. The number of benzene rings is 2. The summed E-state index contributed by atoms with van der Waals surface area (Å²) in [6.07, 6.45) is 1.28. The van der Waals surface area contributed by atoms with Gasteiger partial charge in [-0.25, -0.2) is 12.8 Å². The molecule has 2 heterocycles. The Kier molecular flexibility index (Phi) is 5.66. The molecule has 1 saturated heterocycles. The number of carbonyl (C=O) groups excluding carboxylic acids is 1. The van der Waals surface area contributed by atoms with Crippen LogP contribution in [0.4, 0.5) is 4.39 Å². The third-order valence-electron chi connectivity index (χ3n) is 4.93. The van der Waals surface area contributed by atoms with Crippen molar-refractivity contribution in [3.63, 3.8) is 0 Å². The summed E-state index contributed by atoms with van der Waals surface area (Å²) in [6.45, 7) is 1.03. The predicted molar refractivity (Wildman–Crippen MR) is 113 cm³/mol. The van der Waals surface area contributed by atoms with E-state index in [1.807, 2.05) is 0 Å². The molecular weight excluding hydrogens is 427 g/mol. The Labute approximate surface area is 178 Å². The Morgan fingerprint density at radius 1 is 1.17 bits per heavy atom. The zero-order chi connectivity index (χ0) is 21.3. The number of sulfone groups is 1. The van der Waals surface area contributed by atoms with Crippen molar-refractivity contribution in [2.75, 3.05) is 31.7 Å². The van der Waals surface area contributed by atoms with Crippen molar-refractivity contribution < 1.29 is 22.3 Å². The van der Waals surface area contributed by atoms with E-state index in [4.69, 9.17) is 4.74 Å². The number of aromatic nitrogens is 1. The lowest BCUT2D eigenvalue weighted by molar-refractivity contribution is 0.0768. The monoisotopic (exact) mass is 446 g/mol. The molecule has 156 valence electrons. The van der Waals surface area contributed by atoms with Crippen molar-refractivity contribution in [3.8, 4) is 5.75 Å². The predicted octanol–water partition coefficient (Wildman–Crippen LogP) is 3.40. The van der Waals surface area contributed by atoms with Crippen LogP contribution in [0.25, 0.3) is 10.9 Å². The number of nitrogens with zero attached hydrogens (tertiary/aromatic N) is 2. The number of thioether (sulfide) groups is 1. The second-order valence-corrected chi connectivity index (χ2v) is 9.86. The van der Waals surface area contributed by atoms with Crippen LogP contribution in [0.1, 0.15) is 10.4 Å². The SMILES string of the molecule is COc1cccc(S(=O)(=O)c2c(C(=O)N3CCSCC3)cnc3ccc(F)cc23)c1. The van der Waals surface area contributed by atoms with Crippen molar-refractivity contribution in [1.29, 1.82) is 0 Å². The second-order valence-electron chi connectivity index (χ2n) is 6.75. The van der Waals surface area contributed by atoms with Crippen LogP contribution in [0.3, 0.4) is 0 Å². The molecule has 0 saturated carbocycles. The summed E-state index contributed by atoms with van der Waals surface area (Å²) >= 11 is 1.74. The first kappa shape index (κ1) is 20.6. The average molecular weight is 447 g/mol. The number of ether oxygens (including phenoxy) is 1. The normalized spacial score (nSPS) is 14.7. The first-order valence-electron chi connectivity index (χ1n) is 9.26. The van der Waals surface area contributed by atoms with Crippen LogP contribution in [0, 0.1) is 5.82 Å². The van der Waals surface area contributed by atoms with Crippen LogP contribution in [0.5, 0.6) is 5.75 Å². The second kappa shape index (κ2) is 8.23. The molecule has 1 amide bonds. The molecule has 1 aliphatic heterocycles. The average Bonchev–Trinajstić information content (AvgIpc) is 2.78. The molecule has 0 radical (unpaired) electrons. The molecule has 1 fully saturated rings. The van der Waals surface area contributed by atoms with Crippen molar-refractivity contribution >= 4 is 38.4 Å². The highest BCUT2D eigenvalue weighted by atomic mass is 32.2. The first-order valence-corrected chi connectivity index (χ1v) is 11.9. The Bertz CT molecular complexity index is 1220. The third kappa shape index (κ3) is 3.75. The zero-order valence-corrected chi connectivity index (χ0v) is 17.8. The van der Waals surface area contributed by atoms with E-state index in [0.29, 0.717) is 24.4 Å². The third-order valence-corrected chi connectivity index (χ3v) is 7.72. The molecule has 2 aromatic carbocycles. The molecule has 9 heteroatoms. The van der Waals surface area contributed by atoms with E-state index in [9.17, 15) is 17.6 Å². The van der Waals surface area contributed by atoms with Gasteiger partial charge in [0.25, 0.3) is 5.91 Å². The number of halogens is 1. The first-order chi connectivity index (χ1) is 14.4. The molecule has 4 rings (SSSR count). The fraction of sp³-hybridized carbons (Fsp3) is 0.238. The van der Waals surface area contributed by atoms with Gasteiger partial charge in [-0.2, -0.15) is 11.8 Å². The Balaban J connectivity index is 1.97. The van der Waals surface area contributed by atoms with E-state index in [2.05, 4.69) is 4.98 Å². The van der Waals surface area contributed by atoms with Gasteiger partial charge >= 0.3 is 0 Å². The maximum Gasteiger partial charge on any atom is 0.256 e. The van der Waals surface area contributed by atoms with E-state index >= 15 is 0 Å². The minimum Gasteiger partial charge on any atom is -0.497 e. The van der Waals surface area contributed by atoms with Crippen molar-refractivity contribution in [2.45, 2.75) is 9.79 Å². The van der Waals surface area contributed by atoms with Crippen molar-refractivity contribution in [3.05, 3.63) is 60.0 Å². The van der Waals surface area contributed by atoms with E-state index in [-0.39, 0.29) is 20.7 Å². The standard InChI is InChI=1S/C21H19FN2O4S2/c1-28-15-3-2-4-16(12-15)30(26,27)20-17-11-14(22)5-6-19(17)23-13-18(20)21(25)24-7-9-29-10-8-24/h2-6,11-13H,7-10H2,1H3. The van der Waals surface area contributed by atoms with Gasteiger partial charge in [-0.1, -0.05) is 6.07 Å². The van der Waals surface area contributed by atoms with Crippen molar-refractivity contribution in [2.24, 2.45) is 0 Å². The molecule has 1 aromatic heterocycles. The molecule has 0 N–H and O–H groups in total. The molecule has 0 aliphatic carbocycles. The lowest BCUT2D eigenvalue weighted by Crippen LogP contribution is -2.38. The minimum atomic E-state index is -4.17. The number of hydrogen-bond acceptors (Lipinski definition) is 6. The molecule has 6 nitrogen and oxygen atoms in total. The number of carbonyl (C=O) groups is 1. The number of amides is 1. The highest BCUT2D eigenvalue weighted by Gasteiger charge is 2.31. The number of rotatable bonds is 4.